The summed E-state index contributed by atoms with van der Waals surface area (Å²) in [5.41, 5.74) is 1.16. The minimum atomic E-state index is -0.453. The maximum Gasteiger partial charge on any atom is 0.145 e. The van der Waals surface area contributed by atoms with Crippen LogP contribution in [0.5, 0.6) is 11.5 Å². The van der Waals surface area contributed by atoms with Crippen molar-refractivity contribution < 1.29 is 9.13 Å². The molecule has 19 heavy (non-hydrogen) atoms. The lowest BCUT2D eigenvalue weighted by atomic mass is 10.2. The molecule has 2 aromatic rings. The molecule has 0 N–H and O–H groups in total. The summed E-state index contributed by atoms with van der Waals surface area (Å²) in [6.07, 6.45) is 0. The van der Waals surface area contributed by atoms with E-state index in [0.29, 0.717) is 11.5 Å². The minimum Gasteiger partial charge on any atom is -0.456 e. The molecule has 3 nitrogen and oxygen atoms in total. The van der Waals surface area contributed by atoms with E-state index in [9.17, 15) is 4.39 Å². The van der Waals surface area contributed by atoms with Crippen molar-refractivity contribution in [3.05, 3.63) is 53.8 Å². The standard InChI is InChI=1S/C15H13FN2O/c1-18(2)13-4-3-5-14(9-13)19-15-7-6-12(16)8-11(15)10-17/h3-9H,1-2H3. The number of anilines is 1. The highest BCUT2D eigenvalue weighted by molar-refractivity contribution is 5.52. The molecule has 0 spiro atoms. The smallest absolute Gasteiger partial charge is 0.145 e. The van der Waals surface area contributed by atoms with Crippen molar-refractivity contribution in [2.75, 3.05) is 19.0 Å². The number of hydrogen-bond acceptors (Lipinski definition) is 3. The van der Waals surface area contributed by atoms with Gasteiger partial charge in [-0.05, 0) is 30.3 Å². The van der Waals surface area contributed by atoms with Gasteiger partial charge in [0.1, 0.15) is 23.4 Å². The largest absolute Gasteiger partial charge is 0.456 e. The van der Waals surface area contributed by atoms with Crippen LogP contribution in [0.2, 0.25) is 0 Å². The highest BCUT2D eigenvalue weighted by Crippen LogP contribution is 2.28. The van der Waals surface area contributed by atoms with Crippen LogP contribution in [0.4, 0.5) is 10.1 Å². The van der Waals surface area contributed by atoms with E-state index >= 15 is 0 Å². The average Bonchev–Trinajstić information content (AvgIpc) is 2.41. The molecule has 0 heterocycles. The molecule has 0 saturated heterocycles. The molecular weight excluding hydrogens is 243 g/mol. The van der Waals surface area contributed by atoms with Gasteiger partial charge in [0.05, 0.1) is 5.56 Å². The maximum atomic E-state index is 13.0. The van der Waals surface area contributed by atoms with Gasteiger partial charge in [-0.25, -0.2) is 4.39 Å². The molecule has 0 atom stereocenters. The number of halogens is 1. The predicted octanol–water partition coefficient (Wildman–Crippen LogP) is 3.56. The number of hydrogen-bond donors (Lipinski definition) is 0. The van der Waals surface area contributed by atoms with Gasteiger partial charge in [0, 0.05) is 25.8 Å². The third-order valence-corrected chi connectivity index (χ3v) is 2.62. The van der Waals surface area contributed by atoms with Gasteiger partial charge in [-0.1, -0.05) is 6.07 Å². The van der Waals surface area contributed by atoms with Crippen molar-refractivity contribution in [3.8, 4) is 17.6 Å². The molecule has 0 radical (unpaired) electrons. The summed E-state index contributed by atoms with van der Waals surface area (Å²) in [5.74, 6) is 0.500. The quantitative estimate of drug-likeness (QED) is 0.842. The molecule has 0 aliphatic carbocycles. The van der Waals surface area contributed by atoms with Gasteiger partial charge in [-0.2, -0.15) is 5.26 Å². The van der Waals surface area contributed by atoms with Crippen LogP contribution in [0.3, 0.4) is 0 Å². The van der Waals surface area contributed by atoms with Gasteiger partial charge >= 0.3 is 0 Å². The van der Waals surface area contributed by atoms with E-state index in [1.807, 2.05) is 43.3 Å². The van der Waals surface area contributed by atoms with Crippen molar-refractivity contribution in [1.29, 1.82) is 5.26 Å². The summed E-state index contributed by atoms with van der Waals surface area (Å²) in [5, 5.41) is 8.96. The van der Waals surface area contributed by atoms with Crippen molar-refractivity contribution in [1.82, 2.24) is 0 Å². The van der Waals surface area contributed by atoms with Gasteiger partial charge < -0.3 is 9.64 Å². The molecular formula is C15H13FN2O. The lowest BCUT2D eigenvalue weighted by Crippen LogP contribution is -2.08. The molecule has 0 aromatic heterocycles. The Morgan fingerprint density at radius 3 is 2.63 bits per heavy atom. The summed E-state index contributed by atoms with van der Waals surface area (Å²) in [4.78, 5) is 1.95. The van der Waals surface area contributed by atoms with E-state index in [1.54, 1.807) is 6.07 Å². The van der Waals surface area contributed by atoms with E-state index in [-0.39, 0.29) is 5.56 Å². The summed E-state index contributed by atoms with van der Waals surface area (Å²) in [7, 11) is 3.86. The van der Waals surface area contributed by atoms with Gasteiger partial charge in [0.2, 0.25) is 0 Å². The number of rotatable bonds is 3. The van der Waals surface area contributed by atoms with E-state index in [0.717, 1.165) is 11.8 Å². The zero-order chi connectivity index (χ0) is 13.8. The third kappa shape index (κ3) is 3.02. The third-order valence-electron chi connectivity index (χ3n) is 2.62. The summed E-state index contributed by atoms with van der Waals surface area (Å²) < 4.78 is 18.7. The average molecular weight is 256 g/mol. The first-order valence-corrected chi connectivity index (χ1v) is 5.75. The summed E-state index contributed by atoms with van der Waals surface area (Å²) in [6.45, 7) is 0. The first-order valence-electron chi connectivity index (χ1n) is 5.75. The van der Waals surface area contributed by atoms with Crippen LogP contribution >= 0.6 is 0 Å². The Hall–Kier alpha value is -2.54. The molecule has 2 aromatic carbocycles. The van der Waals surface area contributed by atoms with Crippen molar-refractivity contribution in [2.24, 2.45) is 0 Å². The highest BCUT2D eigenvalue weighted by Gasteiger charge is 2.07. The second-order valence-corrected chi connectivity index (χ2v) is 4.25. The molecule has 0 aliphatic heterocycles. The maximum absolute atomic E-state index is 13.0. The predicted molar refractivity (Wildman–Crippen MR) is 72.0 cm³/mol. The van der Waals surface area contributed by atoms with Crippen molar-refractivity contribution in [2.45, 2.75) is 0 Å². The lowest BCUT2D eigenvalue weighted by Gasteiger charge is -2.14. The highest BCUT2D eigenvalue weighted by atomic mass is 19.1. The molecule has 0 unspecified atom stereocenters. The Kier molecular flexibility index (Phi) is 3.67. The van der Waals surface area contributed by atoms with E-state index in [2.05, 4.69) is 0 Å². The zero-order valence-electron chi connectivity index (χ0n) is 10.7. The van der Waals surface area contributed by atoms with Gasteiger partial charge in [-0.3, -0.25) is 0 Å². The van der Waals surface area contributed by atoms with E-state index < -0.39 is 5.82 Å². The van der Waals surface area contributed by atoms with Crippen LogP contribution in [0.15, 0.2) is 42.5 Å². The SMILES string of the molecule is CN(C)c1cccc(Oc2ccc(F)cc2C#N)c1. The lowest BCUT2D eigenvalue weighted by molar-refractivity contribution is 0.479. The molecule has 2 rings (SSSR count). The molecule has 0 fully saturated rings. The fraction of sp³-hybridized carbons (Fsp3) is 0.133. The van der Waals surface area contributed by atoms with Crippen molar-refractivity contribution >= 4 is 5.69 Å². The first-order chi connectivity index (χ1) is 9.10. The number of ether oxygens (including phenoxy) is 1. The minimum absolute atomic E-state index is 0.176. The van der Waals surface area contributed by atoms with Gasteiger partial charge in [0.15, 0.2) is 0 Å². The first kappa shape index (κ1) is 12.9. The fourth-order valence-corrected chi connectivity index (χ4v) is 1.63. The molecule has 0 bridgehead atoms. The fourth-order valence-electron chi connectivity index (χ4n) is 1.63. The Bertz CT molecular complexity index is 632. The molecule has 0 aliphatic rings. The van der Waals surface area contributed by atoms with Gasteiger partial charge in [-0.15, -0.1) is 0 Å². The molecule has 4 heteroatoms. The second kappa shape index (κ2) is 5.40. The Morgan fingerprint density at radius 2 is 1.95 bits per heavy atom. The van der Waals surface area contributed by atoms with Crippen LogP contribution in [-0.4, -0.2) is 14.1 Å². The Balaban J connectivity index is 2.31. The van der Waals surface area contributed by atoms with Crippen molar-refractivity contribution in [3.63, 3.8) is 0 Å². The van der Waals surface area contributed by atoms with Crippen LogP contribution in [-0.2, 0) is 0 Å². The molecule has 0 saturated carbocycles. The number of nitrogens with zero attached hydrogens (tertiary/aromatic N) is 2. The van der Waals surface area contributed by atoms with Gasteiger partial charge in [0.25, 0.3) is 0 Å². The Morgan fingerprint density at radius 1 is 1.16 bits per heavy atom. The molecule has 0 amide bonds. The molecule has 96 valence electrons. The number of benzene rings is 2. The van der Waals surface area contributed by atoms with Crippen LogP contribution < -0.4 is 9.64 Å². The topological polar surface area (TPSA) is 36.3 Å². The second-order valence-electron chi connectivity index (χ2n) is 4.25. The van der Waals surface area contributed by atoms with Crippen LogP contribution in [0, 0.1) is 17.1 Å². The van der Waals surface area contributed by atoms with E-state index in [1.165, 1.54) is 12.1 Å². The zero-order valence-corrected chi connectivity index (χ0v) is 10.7. The monoisotopic (exact) mass is 256 g/mol. The van der Waals surface area contributed by atoms with E-state index in [4.69, 9.17) is 10.00 Å². The van der Waals surface area contributed by atoms with Crippen LogP contribution in [0.1, 0.15) is 5.56 Å². The van der Waals surface area contributed by atoms with Crippen LogP contribution in [0.25, 0.3) is 0 Å². The number of nitriles is 1. The normalized spacial score (nSPS) is 9.79. The Labute approximate surface area is 111 Å². The summed E-state index contributed by atoms with van der Waals surface area (Å²) >= 11 is 0. The summed E-state index contributed by atoms with van der Waals surface area (Å²) in [6, 6.07) is 13.3.